The highest BCUT2D eigenvalue weighted by Crippen LogP contribution is 2.32. The van der Waals surface area contributed by atoms with Gasteiger partial charge in [-0.05, 0) is 46.5 Å². The number of aryl methyl sites for hydroxylation is 1. The number of methoxy groups -OCH3 is 1. The zero-order valence-electron chi connectivity index (χ0n) is 8.32. The van der Waals surface area contributed by atoms with Crippen LogP contribution in [-0.4, -0.2) is 16.5 Å². The number of benzene rings is 1. The lowest BCUT2D eigenvalue weighted by molar-refractivity contribution is 0.416. The second-order valence-corrected chi connectivity index (χ2v) is 4.53. The molecule has 2 rings (SSSR count). The van der Waals surface area contributed by atoms with E-state index in [1.165, 1.54) is 17.1 Å². The summed E-state index contributed by atoms with van der Waals surface area (Å²) in [6.07, 6.45) is 0. The van der Waals surface area contributed by atoms with Gasteiger partial charge in [0.2, 0.25) is 4.73 Å². The molecule has 1 heterocycles. The number of halogens is 1. The summed E-state index contributed by atoms with van der Waals surface area (Å²) in [6, 6.07) is 6.00. The number of hydrogen-bond acceptors (Lipinski definition) is 4. The lowest BCUT2D eigenvalue weighted by atomic mass is 10.1. The second-order valence-electron chi connectivity index (χ2n) is 3.07. The van der Waals surface area contributed by atoms with E-state index in [2.05, 4.69) is 25.3 Å². The van der Waals surface area contributed by atoms with Crippen molar-refractivity contribution in [3.05, 3.63) is 28.5 Å². The quantitative estimate of drug-likeness (QED) is 0.849. The standard InChI is InChI=1S/C10H9BrN2OS/c1-6-3-4-8(14-2)7(5-6)9-12-10(11)13-15-9/h3-5H,1-2H3. The van der Waals surface area contributed by atoms with Gasteiger partial charge in [-0.15, -0.1) is 0 Å². The Bertz CT molecular complexity index is 484. The molecule has 0 aliphatic carbocycles. The molecule has 0 aliphatic heterocycles. The van der Waals surface area contributed by atoms with Crippen molar-refractivity contribution < 1.29 is 4.74 Å². The van der Waals surface area contributed by atoms with E-state index in [9.17, 15) is 0 Å². The summed E-state index contributed by atoms with van der Waals surface area (Å²) in [5.74, 6) is 0.823. The van der Waals surface area contributed by atoms with E-state index in [-0.39, 0.29) is 0 Å². The smallest absolute Gasteiger partial charge is 0.209 e. The molecule has 0 spiro atoms. The number of nitrogens with zero attached hydrogens (tertiary/aromatic N) is 2. The first-order valence-corrected chi connectivity index (χ1v) is 5.91. The molecule has 0 radical (unpaired) electrons. The third kappa shape index (κ3) is 2.18. The van der Waals surface area contributed by atoms with Crippen LogP contribution in [0.2, 0.25) is 0 Å². The van der Waals surface area contributed by atoms with E-state index in [4.69, 9.17) is 4.74 Å². The molecule has 0 fully saturated rings. The highest BCUT2D eigenvalue weighted by molar-refractivity contribution is 9.10. The van der Waals surface area contributed by atoms with Crippen LogP contribution in [0.25, 0.3) is 10.6 Å². The first-order valence-electron chi connectivity index (χ1n) is 4.35. The van der Waals surface area contributed by atoms with Crippen LogP contribution < -0.4 is 4.74 Å². The van der Waals surface area contributed by atoms with Crippen molar-refractivity contribution in [3.63, 3.8) is 0 Å². The van der Waals surface area contributed by atoms with Gasteiger partial charge in [0, 0.05) is 0 Å². The zero-order chi connectivity index (χ0) is 10.8. The molecular formula is C10H9BrN2OS. The molecule has 3 nitrogen and oxygen atoms in total. The van der Waals surface area contributed by atoms with Gasteiger partial charge in [0.05, 0.1) is 12.7 Å². The fourth-order valence-electron chi connectivity index (χ4n) is 1.30. The summed E-state index contributed by atoms with van der Waals surface area (Å²) in [7, 11) is 1.66. The predicted octanol–water partition coefficient (Wildman–Crippen LogP) is 3.28. The normalized spacial score (nSPS) is 10.3. The summed E-state index contributed by atoms with van der Waals surface area (Å²) in [6.45, 7) is 2.04. The molecule has 5 heteroatoms. The Morgan fingerprint density at radius 3 is 2.80 bits per heavy atom. The SMILES string of the molecule is COc1ccc(C)cc1-c1nc(Br)ns1. The van der Waals surface area contributed by atoms with Crippen molar-refractivity contribution in [3.8, 4) is 16.3 Å². The Morgan fingerprint density at radius 2 is 2.20 bits per heavy atom. The van der Waals surface area contributed by atoms with Crippen LogP contribution in [0, 0.1) is 6.92 Å². The molecule has 1 aromatic heterocycles. The Labute approximate surface area is 100 Å². The minimum Gasteiger partial charge on any atom is -0.496 e. The minimum absolute atomic E-state index is 0.617. The van der Waals surface area contributed by atoms with Crippen LogP contribution in [0.4, 0.5) is 0 Å². The average molecular weight is 285 g/mol. The van der Waals surface area contributed by atoms with Crippen molar-refractivity contribution in [2.45, 2.75) is 6.92 Å². The lowest BCUT2D eigenvalue weighted by Gasteiger charge is -2.05. The third-order valence-electron chi connectivity index (χ3n) is 1.99. The summed E-state index contributed by atoms with van der Waals surface area (Å²) < 4.78 is 9.99. The van der Waals surface area contributed by atoms with Gasteiger partial charge in [0.25, 0.3) is 0 Å². The summed E-state index contributed by atoms with van der Waals surface area (Å²) in [5.41, 5.74) is 2.16. The van der Waals surface area contributed by atoms with Gasteiger partial charge in [-0.2, -0.15) is 4.37 Å². The van der Waals surface area contributed by atoms with Crippen LogP contribution in [-0.2, 0) is 0 Å². The monoisotopic (exact) mass is 284 g/mol. The summed E-state index contributed by atoms with van der Waals surface area (Å²) >= 11 is 4.59. The van der Waals surface area contributed by atoms with E-state index >= 15 is 0 Å². The largest absolute Gasteiger partial charge is 0.496 e. The molecule has 0 saturated carbocycles. The van der Waals surface area contributed by atoms with Gasteiger partial charge in [-0.1, -0.05) is 11.6 Å². The van der Waals surface area contributed by atoms with Crippen molar-refractivity contribution >= 4 is 27.5 Å². The average Bonchev–Trinajstić information content (AvgIpc) is 2.65. The predicted molar refractivity (Wildman–Crippen MR) is 64.3 cm³/mol. The fraction of sp³-hybridized carbons (Fsp3) is 0.200. The molecule has 0 N–H and O–H groups in total. The highest BCUT2D eigenvalue weighted by atomic mass is 79.9. The van der Waals surface area contributed by atoms with Crippen molar-refractivity contribution in [1.29, 1.82) is 0 Å². The van der Waals surface area contributed by atoms with E-state index < -0.39 is 0 Å². The fourth-order valence-corrected chi connectivity index (χ4v) is 2.40. The van der Waals surface area contributed by atoms with Gasteiger partial charge in [-0.3, -0.25) is 0 Å². The number of ether oxygens (including phenoxy) is 1. The molecule has 15 heavy (non-hydrogen) atoms. The Kier molecular flexibility index (Phi) is 3.02. The van der Waals surface area contributed by atoms with Gasteiger partial charge in [0.15, 0.2) is 0 Å². The van der Waals surface area contributed by atoms with Gasteiger partial charge >= 0.3 is 0 Å². The topological polar surface area (TPSA) is 35.0 Å². The van der Waals surface area contributed by atoms with Gasteiger partial charge in [-0.25, -0.2) is 4.98 Å². The number of rotatable bonds is 2. The first kappa shape index (κ1) is 10.6. The molecule has 78 valence electrons. The van der Waals surface area contributed by atoms with E-state index in [0.717, 1.165) is 16.3 Å². The van der Waals surface area contributed by atoms with Crippen molar-refractivity contribution in [2.24, 2.45) is 0 Å². The van der Waals surface area contributed by atoms with E-state index in [0.29, 0.717) is 4.73 Å². The molecular weight excluding hydrogens is 276 g/mol. The van der Waals surface area contributed by atoms with E-state index in [1.54, 1.807) is 7.11 Å². The Balaban J connectivity index is 2.55. The number of aromatic nitrogens is 2. The van der Waals surface area contributed by atoms with Crippen LogP contribution >= 0.6 is 27.5 Å². The van der Waals surface area contributed by atoms with Crippen LogP contribution in [0.5, 0.6) is 5.75 Å². The van der Waals surface area contributed by atoms with Crippen molar-refractivity contribution in [2.75, 3.05) is 7.11 Å². The number of hydrogen-bond donors (Lipinski definition) is 0. The van der Waals surface area contributed by atoms with Crippen molar-refractivity contribution in [1.82, 2.24) is 9.36 Å². The molecule has 2 aromatic rings. The molecule has 0 bridgehead atoms. The summed E-state index contributed by atoms with van der Waals surface area (Å²) in [4.78, 5) is 4.27. The second kappa shape index (κ2) is 4.28. The third-order valence-corrected chi connectivity index (χ3v) is 3.32. The Morgan fingerprint density at radius 1 is 1.40 bits per heavy atom. The molecule has 0 amide bonds. The van der Waals surface area contributed by atoms with E-state index in [1.807, 2.05) is 25.1 Å². The van der Waals surface area contributed by atoms with Crippen LogP contribution in [0.1, 0.15) is 5.56 Å². The molecule has 0 atom stereocenters. The van der Waals surface area contributed by atoms with Crippen LogP contribution in [0.15, 0.2) is 22.9 Å². The zero-order valence-corrected chi connectivity index (χ0v) is 10.7. The van der Waals surface area contributed by atoms with Gasteiger partial charge in [0.1, 0.15) is 10.8 Å². The van der Waals surface area contributed by atoms with Gasteiger partial charge < -0.3 is 4.74 Å². The molecule has 0 unspecified atom stereocenters. The molecule has 1 aromatic carbocycles. The maximum atomic E-state index is 5.29. The molecule has 0 aliphatic rings. The Hall–Kier alpha value is -0.940. The highest BCUT2D eigenvalue weighted by Gasteiger charge is 2.10. The summed E-state index contributed by atoms with van der Waals surface area (Å²) in [5, 5.41) is 0.863. The maximum absolute atomic E-state index is 5.29. The lowest BCUT2D eigenvalue weighted by Crippen LogP contribution is -1.88. The van der Waals surface area contributed by atoms with Crippen LogP contribution in [0.3, 0.4) is 0 Å². The minimum atomic E-state index is 0.617. The first-order chi connectivity index (χ1) is 7.20. The maximum Gasteiger partial charge on any atom is 0.209 e. The molecule has 0 saturated heterocycles.